The fourth-order valence-electron chi connectivity index (χ4n) is 3.05. The number of sulfonamides is 2. The largest absolute Gasteiger partial charge is 0.281 e. The summed E-state index contributed by atoms with van der Waals surface area (Å²) in [7, 11) is -6.26. The number of carbonyl (C=O) groups excluding carboxylic acids is 1. The molecule has 0 aromatic carbocycles. The van der Waals surface area contributed by atoms with Gasteiger partial charge in [0.25, 0.3) is 15.9 Å². The molecule has 1 fully saturated rings. The summed E-state index contributed by atoms with van der Waals surface area (Å²) in [5.74, 6) is -0.885. The zero-order chi connectivity index (χ0) is 18.8. The highest BCUT2D eigenvalue weighted by molar-refractivity contribution is 7.90. The minimum absolute atomic E-state index is 0.0651. The van der Waals surface area contributed by atoms with Crippen LogP contribution in [0.3, 0.4) is 0 Å². The Morgan fingerprint density at radius 2 is 2.00 bits per heavy atom. The van der Waals surface area contributed by atoms with Crippen molar-refractivity contribution in [3.05, 3.63) is 11.8 Å². The molecule has 1 aromatic heterocycles. The number of amides is 1. The predicted octanol–water partition coefficient (Wildman–Crippen LogP) is 0.128. The molecule has 0 radical (unpaired) electrons. The first kappa shape index (κ1) is 19.9. The highest BCUT2D eigenvalue weighted by Crippen LogP contribution is 2.22. The van der Waals surface area contributed by atoms with Crippen molar-refractivity contribution >= 4 is 26.0 Å². The number of piperidine rings is 1. The molecule has 2 rings (SSSR count). The minimum atomic E-state index is -4.13. The maximum atomic E-state index is 12.6. The highest BCUT2D eigenvalue weighted by atomic mass is 32.2. The first-order valence-corrected chi connectivity index (χ1v) is 11.2. The second-order valence-electron chi connectivity index (χ2n) is 6.16. The Labute approximate surface area is 148 Å². The smallest absolute Gasteiger partial charge is 0.272 e. The molecule has 1 amide bonds. The third kappa shape index (κ3) is 4.21. The van der Waals surface area contributed by atoms with Crippen LogP contribution in [-0.2, 0) is 31.9 Å². The monoisotopic (exact) mass is 392 g/mol. The van der Waals surface area contributed by atoms with Crippen LogP contribution >= 0.6 is 0 Å². The molecule has 1 aromatic rings. The van der Waals surface area contributed by atoms with E-state index in [0.717, 1.165) is 8.99 Å². The molecule has 9 nitrogen and oxygen atoms in total. The van der Waals surface area contributed by atoms with Gasteiger partial charge in [-0.1, -0.05) is 13.3 Å². The van der Waals surface area contributed by atoms with E-state index in [2.05, 4.69) is 5.10 Å². The second kappa shape index (κ2) is 7.42. The summed E-state index contributed by atoms with van der Waals surface area (Å²) < 4.78 is 54.1. The first-order valence-electron chi connectivity index (χ1n) is 8.15. The molecule has 0 saturated carbocycles. The molecule has 1 aliphatic heterocycles. The molecule has 1 atom stereocenters. The second-order valence-corrected chi connectivity index (χ2v) is 9.80. The number of hydrogen-bond acceptors (Lipinski definition) is 6. The van der Waals surface area contributed by atoms with Gasteiger partial charge in [0, 0.05) is 19.2 Å². The lowest BCUT2D eigenvalue weighted by molar-refractivity contribution is -0.123. The highest BCUT2D eigenvalue weighted by Gasteiger charge is 2.38. The first-order chi connectivity index (χ1) is 11.6. The van der Waals surface area contributed by atoms with Gasteiger partial charge in [-0.15, -0.1) is 0 Å². The summed E-state index contributed by atoms with van der Waals surface area (Å²) >= 11 is 0. The Bertz CT molecular complexity index is 825. The van der Waals surface area contributed by atoms with E-state index in [-0.39, 0.29) is 17.3 Å². The molecule has 25 heavy (non-hydrogen) atoms. The van der Waals surface area contributed by atoms with Crippen molar-refractivity contribution in [3.8, 4) is 0 Å². The average molecular weight is 393 g/mol. The fraction of sp³-hybridized carbons (Fsp3) is 0.714. The van der Waals surface area contributed by atoms with Gasteiger partial charge < -0.3 is 0 Å². The Morgan fingerprint density at radius 3 is 2.56 bits per heavy atom. The van der Waals surface area contributed by atoms with Crippen molar-refractivity contribution in [2.45, 2.75) is 50.6 Å². The number of hydrogen-bond donors (Lipinski definition) is 1. The van der Waals surface area contributed by atoms with Gasteiger partial charge in [-0.25, -0.2) is 13.1 Å². The van der Waals surface area contributed by atoms with Crippen LogP contribution in [0.1, 0.15) is 38.2 Å². The van der Waals surface area contributed by atoms with Crippen LogP contribution in [-0.4, -0.2) is 55.2 Å². The third-order valence-electron chi connectivity index (χ3n) is 4.12. The van der Waals surface area contributed by atoms with E-state index in [1.807, 2.05) is 4.72 Å². The lowest BCUT2D eigenvalue weighted by Gasteiger charge is -2.33. The van der Waals surface area contributed by atoms with Crippen LogP contribution in [0.2, 0.25) is 0 Å². The van der Waals surface area contributed by atoms with Crippen molar-refractivity contribution in [2.75, 3.05) is 12.3 Å². The molecule has 0 spiro atoms. The Kier molecular flexibility index (Phi) is 5.89. The van der Waals surface area contributed by atoms with Crippen molar-refractivity contribution in [1.82, 2.24) is 18.8 Å². The van der Waals surface area contributed by atoms with Gasteiger partial charge in [0.15, 0.2) is 5.03 Å². The number of nitrogens with one attached hydrogen (secondary N) is 1. The number of carbonyl (C=O) groups is 1. The zero-order valence-electron chi connectivity index (χ0n) is 14.6. The van der Waals surface area contributed by atoms with Gasteiger partial charge in [-0.2, -0.15) is 17.8 Å². The summed E-state index contributed by atoms with van der Waals surface area (Å²) in [4.78, 5) is 12.6. The van der Waals surface area contributed by atoms with Crippen LogP contribution in [0.5, 0.6) is 0 Å². The van der Waals surface area contributed by atoms with E-state index < -0.39 is 32.0 Å². The number of aryl methyl sites for hydroxylation is 2. The van der Waals surface area contributed by atoms with E-state index in [0.29, 0.717) is 31.2 Å². The van der Waals surface area contributed by atoms with Crippen LogP contribution < -0.4 is 4.72 Å². The van der Waals surface area contributed by atoms with Crippen LogP contribution in [0.15, 0.2) is 11.2 Å². The number of nitrogens with zero attached hydrogens (tertiary/aromatic N) is 3. The lowest BCUT2D eigenvalue weighted by Crippen LogP contribution is -2.53. The number of rotatable bonds is 6. The van der Waals surface area contributed by atoms with Gasteiger partial charge in [-0.3, -0.25) is 9.48 Å². The molecule has 1 unspecified atom stereocenters. The molecule has 142 valence electrons. The third-order valence-corrected chi connectivity index (χ3v) is 7.76. The summed E-state index contributed by atoms with van der Waals surface area (Å²) in [6.07, 6.45) is 3.44. The fourth-order valence-corrected chi connectivity index (χ4v) is 6.16. The molecule has 11 heteroatoms. The van der Waals surface area contributed by atoms with Gasteiger partial charge >= 0.3 is 0 Å². The van der Waals surface area contributed by atoms with Crippen LogP contribution in [0.4, 0.5) is 0 Å². The molecular formula is C14H24N4O5S2. The van der Waals surface area contributed by atoms with Crippen LogP contribution in [0.25, 0.3) is 0 Å². The number of aromatic nitrogens is 2. The van der Waals surface area contributed by atoms with Crippen molar-refractivity contribution in [3.63, 3.8) is 0 Å². The summed E-state index contributed by atoms with van der Waals surface area (Å²) in [5.41, 5.74) is 0.405. The van der Waals surface area contributed by atoms with Crippen molar-refractivity contribution < 1.29 is 21.6 Å². The lowest BCUT2D eigenvalue weighted by atomic mass is 10.0. The summed E-state index contributed by atoms with van der Waals surface area (Å²) in [6.45, 7) is 3.54. The van der Waals surface area contributed by atoms with E-state index in [4.69, 9.17) is 0 Å². The molecule has 2 heterocycles. The summed E-state index contributed by atoms with van der Waals surface area (Å²) in [5, 5.41) is 3.75. The maximum Gasteiger partial charge on any atom is 0.281 e. The minimum Gasteiger partial charge on any atom is -0.272 e. The van der Waals surface area contributed by atoms with E-state index in [1.165, 1.54) is 13.2 Å². The SMILES string of the molecule is CCCS(=O)(=O)N1CCCCC1C(=O)NS(=O)(=O)c1c(C)cnn1C. The van der Waals surface area contributed by atoms with Gasteiger partial charge in [0.1, 0.15) is 6.04 Å². The standard InChI is InChI=1S/C14H24N4O5S2/c1-4-9-24(20,21)18-8-6-5-7-12(18)13(19)16-25(22,23)14-11(2)10-15-17(14)3/h10,12H,4-9H2,1-3H3,(H,16,19). The Hall–Kier alpha value is -1.46. The molecule has 1 N–H and O–H groups in total. The quantitative estimate of drug-likeness (QED) is 0.735. The van der Waals surface area contributed by atoms with E-state index >= 15 is 0 Å². The van der Waals surface area contributed by atoms with Gasteiger partial charge in [0.2, 0.25) is 10.0 Å². The van der Waals surface area contributed by atoms with Crippen LogP contribution in [0, 0.1) is 6.92 Å². The molecule has 0 bridgehead atoms. The average Bonchev–Trinajstić information content (AvgIpc) is 2.86. The zero-order valence-corrected chi connectivity index (χ0v) is 16.2. The van der Waals surface area contributed by atoms with Crippen molar-refractivity contribution in [1.29, 1.82) is 0 Å². The van der Waals surface area contributed by atoms with Gasteiger partial charge in [-0.05, 0) is 26.2 Å². The molecule has 1 saturated heterocycles. The van der Waals surface area contributed by atoms with E-state index in [1.54, 1.807) is 13.8 Å². The molecule has 0 aliphatic carbocycles. The topological polar surface area (TPSA) is 118 Å². The Balaban J connectivity index is 2.26. The predicted molar refractivity (Wildman–Crippen MR) is 91.7 cm³/mol. The Morgan fingerprint density at radius 1 is 1.32 bits per heavy atom. The normalized spacial score (nSPS) is 19.7. The van der Waals surface area contributed by atoms with E-state index in [9.17, 15) is 21.6 Å². The van der Waals surface area contributed by atoms with Gasteiger partial charge in [0.05, 0.1) is 11.9 Å². The molecule has 1 aliphatic rings. The maximum absolute atomic E-state index is 12.6. The van der Waals surface area contributed by atoms with Crippen molar-refractivity contribution in [2.24, 2.45) is 7.05 Å². The summed E-state index contributed by atoms with van der Waals surface area (Å²) in [6, 6.07) is -1.01. The molecular weight excluding hydrogens is 368 g/mol.